The molecule has 0 spiro atoms. The Morgan fingerprint density at radius 1 is 1.00 bits per heavy atom. The SMILES string of the molecule is CC(=O)OC(C)OC(=O)N1CCc2sc(C(=O)NCC(=O)c3ccc(OCC(=O)O)c(OCC(=O)O)c3)cc2C1. The molecule has 1 unspecified atom stereocenters. The van der Waals surface area contributed by atoms with E-state index in [-0.39, 0.29) is 30.2 Å². The number of hydrogen-bond donors (Lipinski definition) is 3. The van der Waals surface area contributed by atoms with Crippen molar-refractivity contribution in [3.05, 3.63) is 45.1 Å². The van der Waals surface area contributed by atoms with Gasteiger partial charge in [-0.2, -0.15) is 0 Å². The lowest BCUT2D eigenvalue weighted by Crippen LogP contribution is -2.38. The number of carbonyl (C=O) groups excluding carboxylic acids is 4. The molecule has 214 valence electrons. The Morgan fingerprint density at radius 3 is 2.33 bits per heavy atom. The first kappa shape index (κ1) is 29.9. The van der Waals surface area contributed by atoms with Gasteiger partial charge in [0.25, 0.3) is 5.91 Å². The first-order valence-electron chi connectivity index (χ1n) is 11.8. The fraction of sp³-hybridized carbons (Fsp3) is 0.360. The van der Waals surface area contributed by atoms with Crippen LogP contribution in [0.25, 0.3) is 0 Å². The number of esters is 1. The number of ketones is 1. The molecule has 40 heavy (non-hydrogen) atoms. The molecule has 1 aliphatic rings. The lowest BCUT2D eigenvalue weighted by molar-refractivity contribution is -0.163. The molecule has 15 heteroatoms. The zero-order valence-corrected chi connectivity index (χ0v) is 22.3. The predicted octanol–water partition coefficient (Wildman–Crippen LogP) is 1.69. The monoisotopic (exact) mass is 578 g/mol. The Labute approximate surface area is 231 Å². The van der Waals surface area contributed by atoms with Crippen molar-refractivity contribution in [2.45, 2.75) is 33.1 Å². The molecule has 14 nitrogen and oxygen atoms in total. The third-order valence-electron chi connectivity index (χ3n) is 5.32. The number of nitrogens with one attached hydrogen (secondary N) is 1. The van der Waals surface area contributed by atoms with E-state index in [1.165, 1.54) is 48.3 Å². The van der Waals surface area contributed by atoms with Crippen molar-refractivity contribution in [3.8, 4) is 11.5 Å². The number of thiophene rings is 1. The lowest BCUT2D eigenvalue weighted by Gasteiger charge is -2.27. The van der Waals surface area contributed by atoms with E-state index in [0.717, 1.165) is 10.4 Å². The van der Waals surface area contributed by atoms with Gasteiger partial charge in [-0.05, 0) is 36.2 Å². The summed E-state index contributed by atoms with van der Waals surface area (Å²) in [4.78, 5) is 73.1. The zero-order valence-electron chi connectivity index (χ0n) is 21.5. The van der Waals surface area contributed by atoms with Crippen molar-refractivity contribution in [2.75, 3.05) is 26.3 Å². The van der Waals surface area contributed by atoms with Gasteiger partial charge in [0.05, 0.1) is 18.0 Å². The highest BCUT2D eigenvalue weighted by atomic mass is 32.1. The molecule has 0 bridgehead atoms. The maximum atomic E-state index is 12.7. The number of Topliss-reactive ketones (excluding diaryl/α,β-unsaturated/α-hetero) is 1. The molecule has 1 aromatic heterocycles. The summed E-state index contributed by atoms with van der Waals surface area (Å²) in [6, 6.07) is 5.43. The second-order valence-electron chi connectivity index (χ2n) is 8.42. The summed E-state index contributed by atoms with van der Waals surface area (Å²) < 4.78 is 20.1. The number of benzene rings is 1. The van der Waals surface area contributed by atoms with E-state index in [2.05, 4.69) is 5.32 Å². The number of hydrogen-bond acceptors (Lipinski definition) is 11. The van der Waals surface area contributed by atoms with E-state index < -0.39 is 55.2 Å². The first-order chi connectivity index (χ1) is 18.9. The van der Waals surface area contributed by atoms with Gasteiger partial charge in [-0.15, -0.1) is 11.3 Å². The number of aliphatic carboxylic acids is 2. The van der Waals surface area contributed by atoms with E-state index in [1.807, 2.05) is 0 Å². The van der Waals surface area contributed by atoms with Gasteiger partial charge in [0.2, 0.25) is 6.29 Å². The topological polar surface area (TPSA) is 195 Å². The minimum absolute atomic E-state index is 0.0628. The van der Waals surface area contributed by atoms with Crippen LogP contribution in [0.4, 0.5) is 4.79 Å². The molecular formula is C25H26N2O12S. The molecule has 0 radical (unpaired) electrons. The highest BCUT2D eigenvalue weighted by molar-refractivity contribution is 7.14. The lowest BCUT2D eigenvalue weighted by atomic mass is 10.1. The van der Waals surface area contributed by atoms with Crippen LogP contribution < -0.4 is 14.8 Å². The fourth-order valence-electron chi connectivity index (χ4n) is 3.62. The van der Waals surface area contributed by atoms with Crippen LogP contribution in [-0.2, 0) is 36.8 Å². The zero-order chi connectivity index (χ0) is 29.4. The number of rotatable bonds is 12. The van der Waals surface area contributed by atoms with Crippen LogP contribution in [-0.4, -0.2) is 83.4 Å². The van der Waals surface area contributed by atoms with Gasteiger partial charge in [0, 0.05) is 30.8 Å². The molecule has 1 aliphatic heterocycles. The second-order valence-corrected chi connectivity index (χ2v) is 9.56. The maximum Gasteiger partial charge on any atom is 0.413 e. The van der Waals surface area contributed by atoms with Crippen LogP contribution in [0, 0.1) is 0 Å². The minimum Gasteiger partial charge on any atom is -0.479 e. The van der Waals surface area contributed by atoms with Crippen LogP contribution >= 0.6 is 11.3 Å². The largest absolute Gasteiger partial charge is 0.479 e. The third kappa shape index (κ3) is 8.42. The highest BCUT2D eigenvalue weighted by Crippen LogP contribution is 2.30. The smallest absolute Gasteiger partial charge is 0.413 e. The number of amides is 2. The van der Waals surface area contributed by atoms with Crippen molar-refractivity contribution in [1.29, 1.82) is 0 Å². The van der Waals surface area contributed by atoms with Gasteiger partial charge in [0.1, 0.15) is 0 Å². The molecule has 1 aromatic carbocycles. The molecule has 0 saturated heterocycles. The molecule has 3 N–H and O–H groups in total. The summed E-state index contributed by atoms with van der Waals surface area (Å²) >= 11 is 1.24. The van der Waals surface area contributed by atoms with Crippen molar-refractivity contribution >= 4 is 47.0 Å². The quantitative estimate of drug-likeness (QED) is 0.188. The second kappa shape index (κ2) is 13.4. The number of carboxylic acid groups (broad SMARTS) is 2. The molecule has 0 saturated carbocycles. The Balaban J connectivity index is 1.60. The normalized spacial score (nSPS) is 12.9. The molecule has 0 fully saturated rings. The van der Waals surface area contributed by atoms with E-state index in [9.17, 15) is 28.8 Å². The minimum atomic E-state index is -1.29. The predicted molar refractivity (Wildman–Crippen MR) is 136 cm³/mol. The standard InChI is InChI=1S/C25H26N2O12S/c1-13(28)38-14(2)39-25(35)27-6-5-20-16(10-27)8-21(40-20)24(34)26-9-17(29)15-3-4-18(36-11-22(30)31)19(7-15)37-12-23(32)33/h3-4,7-8,14H,5-6,9-12H2,1-2H3,(H,26,34)(H,30,31)(H,32,33). The Kier molecular flexibility index (Phi) is 10.0. The summed E-state index contributed by atoms with van der Waals surface area (Å²) in [5.74, 6) is -4.36. The third-order valence-corrected chi connectivity index (χ3v) is 6.56. The maximum absolute atomic E-state index is 12.7. The van der Waals surface area contributed by atoms with Crippen LogP contribution in [0.2, 0.25) is 0 Å². The molecule has 3 rings (SSSR count). The van der Waals surface area contributed by atoms with E-state index in [1.54, 1.807) is 6.07 Å². The van der Waals surface area contributed by atoms with Crippen LogP contribution in [0.15, 0.2) is 24.3 Å². The van der Waals surface area contributed by atoms with Crippen molar-refractivity contribution in [3.63, 3.8) is 0 Å². The Hall–Kier alpha value is -4.66. The first-order valence-corrected chi connectivity index (χ1v) is 12.6. The van der Waals surface area contributed by atoms with Gasteiger partial charge in [0.15, 0.2) is 30.5 Å². The summed E-state index contributed by atoms with van der Waals surface area (Å²) in [5.41, 5.74) is 0.827. The number of carbonyl (C=O) groups is 6. The van der Waals surface area contributed by atoms with Gasteiger partial charge in [-0.3, -0.25) is 14.4 Å². The van der Waals surface area contributed by atoms with Gasteiger partial charge < -0.3 is 39.4 Å². The number of fused-ring (bicyclic) bond motifs is 1. The van der Waals surface area contributed by atoms with Gasteiger partial charge >= 0.3 is 24.0 Å². The summed E-state index contributed by atoms with van der Waals surface area (Å²) in [5, 5.41) is 20.2. The Morgan fingerprint density at radius 2 is 1.68 bits per heavy atom. The average molecular weight is 579 g/mol. The van der Waals surface area contributed by atoms with E-state index in [4.69, 9.17) is 29.2 Å². The summed E-state index contributed by atoms with van der Waals surface area (Å²) in [6.07, 6.45) is -1.21. The van der Waals surface area contributed by atoms with E-state index >= 15 is 0 Å². The number of nitrogens with zero attached hydrogens (tertiary/aromatic N) is 1. The van der Waals surface area contributed by atoms with Crippen LogP contribution in [0.5, 0.6) is 11.5 Å². The van der Waals surface area contributed by atoms with Crippen LogP contribution in [0.3, 0.4) is 0 Å². The molecule has 2 amide bonds. The molecule has 2 heterocycles. The Bertz CT molecular complexity index is 1320. The average Bonchev–Trinajstić information content (AvgIpc) is 3.32. The molecule has 1 atom stereocenters. The van der Waals surface area contributed by atoms with Crippen molar-refractivity contribution < 1.29 is 57.9 Å². The fourth-order valence-corrected chi connectivity index (χ4v) is 4.70. The summed E-state index contributed by atoms with van der Waals surface area (Å²) in [7, 11) is 0. The highest BCUT2D eigenvalue weighted by Gasteiger charge is 2.27. The van der Waals surface area contributed by atoms with Gasteiger partial charge in [-0.25, -0.2) is 14.4 Å². The molecule has 2 aromatic rings. The van der Waals surface area contributed by atoms with E-state index in [0.29, 0.717) is 17.8 Å². The number of carboxylic acids is 2. The van der Waals surface area contributed by atoms with Crippen molar-refractivity contribution in [1.82, 2.24) is 10.2 Å². The van der Waals surface area contributed by atoms with Crippen LogP contribution in [0.1, 0.15) is 44.3 Å². The molecule has 0 aliphatic carbocycles. The van der Waals surface area contributed by atoms with Crippen molar-refractivity contribution in [2.24, 2.45) is 0 Å². The van der Waals surface area contributed by atoms with Gasteiger partial charge in [-0.1, -0.05) is 0 Å². The number of ether oxygens (including phenoxy) is 4. The molecular weight excluding hydrogens is 552 g/mol. The summed E-state index contributed by atoms with van der Waals surface area (Å²) in [6.45, 7) is 1.32.